The average molecular weight is 337 g/mol. The first-order chi connectivity index (χ1) is 11.7. The number of unbranched alkanes of at least 4 members (excludes halogenated alkanes) is 4. The Morgan fingerprint density at radius 2 is 1.71 bits per heavy atom. The Morgan fingerprint density at radius 3 is 2.42 bits per heavy atom. The summed E-state index contributed by atoms with van der Waals surface area (Å²) in [6, 6.07) is 0. The zero-order valence-electron chi connectivity index (χ0n) is 16.4. The predicted molar refractivity (Wildman–Crippen MR) is 105 cm³/mol. The molecule has 0 bridgehead atoms. The van der Waals surface area contributed by atoms with Gasteiger partial charge in [-0.25, -0.2) is 0 Å². The molecule has 0 aromatic rings. The van der Waals surface area contributed by atoms with Crippen LogP contribution in [0.1, 0.15) is 70.6 Å². The molecule has 1 saturated heterocycles. The van der Waals surface area contributed by atoms with Gasteiger partial charge in [0.2, 0.25) is 0 Å². The second-order valence-electron chi connectivity index (χ2n) is 8.28. The second-order valence-corrected chi connectivity index (χ2v) is 8.28. The minimum Gasteiger partial charge on any atom is -0.356 e. The predicted octanol–water partition coefficient (Wildman–Crippen LogP) is 3.73. The van der Waals surface area contributed by atoms with Gasteiger partial charge in [0.05, 0.1) is 0 Å². The van der Waals surface area contributed by atoms with E-state index in [-0.39, 0.29) is 0 Å². The highest BCUT2D eigenvalue weighted by Gasteiger charge is 2.39. The molecule has 4 heteroatoms. The number of guanidine groups is 1. The minimum atomic E-state index is 0.613. The quantitative estimate of drug-likeness (QED) is 0.416. The van der Waals surface area contributed by atoms with Crippen molar-refractivity contribution in [3.63, 3.8) is 0 Å². The molecule has 0 atom stereocenters. The highest BCUT2D eigenvalue weighted by molar-refractivity contribution is 5.80. The van der Waals surface area contributed by atoms with Crippen LogP contribution in [-0.2, 0) is 0 Å². The molecule has 2 rings (SSSR count). The van der Waals surface area contributed by atoms with Gasteiger partial charge < -0.3 is 15.1 Å². The highest BCUT2D eigenvalue weighted by atomic mass is 15.3. The summed E-state index contributed by atoms with van der Waals surface area (Å²) in [4.78, 5) is 9.34. The van der Waals surface area contributed by atoms with Gasteiger partial charge in [0.1, 0.15) is 0 Å². The Balaban J connectivity index is 1.58. The molecule has 0 unspecified atom stereocenters. The van der Waals surface area contributed by atoms with Gasteiger partial charge in [-0.3, -0.25) is 4.99 Å². The molecule has 140 valence electrons. The summed E-state index contributed by atoms with van der Waals surface area (Å²) in [6.07, 6.45) is 15.2. The lowest BCUT2D eigenvalue weighted by Crippen LogP contribution is -2.41. The smallest absolute Gasteiger partial charge is 0.193 e. The third-order valence-electron chi connectivity index (χ3n) is 5.93. The molecule has 0 aromatic carbocycles. The van der Waals surface area contributed by atoms with Crippen molar-refractivity contribution in [2.24, 2.45) is 10.4 Å². The van der Waals surface area contributed by atoms with Gasteiger partial charge in [-0.15, -0.1) is 0 Å². The molecule has 0 radical (unpaired) electrons. The lowest BCUT2D eigenvalue weighted by atomic mass is 9.73. The fraction of sp³-hybridized carbons (Fsp3) is 0.950. The van der Waals surface area contributed by atoms with E-state index in [1.807, 2.05) is 7.05 Å². The monoisotopic (exact) mass is 336 g/mol. The standard InChI is InChI=1S/C20H40N4/c1-21-19(22-15-10-5-4-6-11-16-23(2)3)24-17-14-20(18-24)12-8-7-9-13-20/h4-18H2,1-3H3,(H,21,22). The Morgan fingerprint density at radius 1 is 1.00 bits per heavy atom. The maximum Gasteiger partial charge on any atom is 0.193 e. The summed E-state index contributed by atoms with van der Waals surface area (Å²) < 4.78 is 0. The van der Waals surface area contributed by atoms with Gasteiger partial charge in [0.15, 0.2) is 5.96 Å². The van der Waals surface area contributed by atoms with Crippen molar-refractivity contribution < 1.29 is 0 Å². The van der Waals surface area contributed by atoms with E-state index in [2.05, 4.69) is 34.2 Å². The minimum absolute atomic E-state index is 0.613. The molecule has 0 aromatic heterocycles. The summed E-state index contributed by atoms with van der Waals surface area (Å²) in [7, 11) is 6.26. The molecule has 1 aliphatic heterocycles. The van der Waals surface area contributed by atoms with Gasteiger partial charge in [-0.1, -0.05) is 38.5 Å². The number of aliphatic imine (C=N–C) groups is 1. The molecule has 4 nitrogen and oxygen atoms in total. The Bertz CT molecular complexity index is 372. The van der Waals surface area contributed by atoms with Gasteiger partial charge in [0.25, 0.3) is 0 Å². The van der Waals surface area contributed by atoms with E-state index in [1.54, 1.807) is 0 Å². The molecule has 1 saturated carbocycles. The average Bonchev–Trinajstić information content (AvgIpc) is 2.97. The summed E-state index contributed by atoms with van der Waals surface area (Å²) in [5.41, 5.74) is 0.613. The van der Waals surface area contributed by atoms with Gasteiger partial charge in [-0.2, -0.15) is 0 Å². The molecule has 2 aliphatic rings. The summed E-state index contributed by atoms with van der Waals surface area (Å²) in [5, 5.41) is 3.61. The molecular weight excluding hydrogens is 296 g/mol. The van der Waals surface area contributed by atoms with Crippen molar-refractivity contribution in [3.8, 4) is 0 Å². The topological polar surface area (TPSA) is 30.9 Å². The Labute approximate surface area is 150 Å². The lowest BCUT2D eigenvalue weighted by molar-refractivity contribution is 0.203. The Kier molecular flexibility index (Phi) is 8.37. The maximum absolute atomic E-state index is 4.54. The lowest BCUT2D eigenvalue weighted by Gasteiger charge is -2.33. The first kappa shape index (κ1) is 19.6. The third kappa shape index (κ3) is 6.27. The highest BCUT2D eigenvalue weighted by Crippen LogP contribution is 2.43. The molecule has 24 heavy (non-hydrogen) atoms. The SMILES string of the molecule is CN=C(NCCCCCCCN(C)C)N1CCC2(CCCCC2)C1. The number of hydrogen-bond donors (Lipinski definition) is 1. The van der Waals surface area contributed by atoms with Crippen molar-refractivity contribution in [2.75, 3.05) is 47.3 Å². The third-order valence-corrected chi connectivity index (χ3v) is 5.93. The second kappa shape index (κ2) is 10.3. The van der Waals surface area contributed by atoms with Crippen LogP contribution in [0.25, 0.3) is 0 Å². The summed E-state index contributed by atoms with van der Waals surface area (Å²) in [6.45, 7) is 4.73. The number of nitrogens with one attached hydrogen (secondary N) is 1. The molecule has 2 fully saturated rings. The molecular formula is C20H40N4. The fourth-order valence-electron chi connectivity index (χ4n) is 4.44. The van der Waals surface area contributed by atoms with Crippen LogP contribution in [0.15, 0.2) is 4.99 Å². The van der Waals surface area contributed by atoms with Crippen LogP contribution in [0.3, 0.4) is 0 Å². The molecule has 0 amide bonds. The van der Waals surface area contributed by atoms with Crippen LogP contribution in [0.2, 0.25) is 0 Å². The normalized spacial score (nSPS) is 21.0. The zero-order valence-corrected chi connectivity index (χ0v) is 16.4. The maximum atomic E-state index is 4.54. The van der Waals surface area contributed by atoms with Crippen LogP contribution >= 0.6 is 0 Å². The first-order valence-corrected chi connectivity index (χ1v) is 10.3. The Hall–Kier alpha value is -0.770. The van der Waals surface area contributed by atoms with Crippen LogP contribution in [0.4, 0.5) is 0 Å². The van der Waals surface area contributed by atoms with Gasteiger partial charge in [0, 0.05) is 26.7 Å². The van der Waals surface area contributed by atoms with E-state index < -0.39 is 0 Å². The van der Waals surface area contributed by atoms with Crippen LogP contribution in [-0.4, -0.2) is 63.1 Å². The van der Waals surface area contributed by atoms with Crippen molar-refractivity contribution in [2.45, 2.75) is 70.6 Å². The molecule has 1 spiro atoms. The largest absolute Gasteiger partial charge is 0.356 e. The molecule has 1 heterocycles. The number of likely N-dealkylation sites (tertiary alicyclic amines) is 1. The van der Waals surface area contributed by atoms with Crippen molar-refractivity contribution in [3.05, 3.63) is 0 Å². The van der Waals surface area contributed by atoms with Crippen molar-refractivity contribution >= 4 is 5.96 Å². The van der Waals surface area contributed by atoms with E-state index >= 15 is 0 Å². The van der Waals surface area contributed by atoms with Crippen molar-refractivity contribution in [1.82, 2.24) is 15.1 Å². The van der Waals surface area contributed by atoms with Gasteiger partial charge >= 0.3 is 0 Å². The molecule has 1 N–H and O–H groups in total. The van der Waals surface area contributed by atoms with E-state index in [0.29, 0.717) is 5.41 Å². The number of hydrogen-bond acceptors (Lipinski definition) is 2. The van der Waals surface area contributed by atoms with Gasteiger partial charge in [-0.05, 0) is 58.2 Å². The van der Waals surface area contributed by atoms with E-state index in [0.717, 1.165) is 12.5 Å². The first-order valence-electron chi connectivity index (χ1n) is 10.3. The van der Waals surface area contributed by atoms with E-state index in [4.69, 9.17) is 0 Å². The van der Waals surface area contributed by atoms with E-state index in [9.17, 15) is 0 Å². The zero-order chi connectivity index (χ0) is 17.3. The molecule has 1 aliphatic carbocycles. The van der Waals surface area contributed by atoms with Crippen LogP contribution < -0.4 is 5.32 Å². The van der Waals surface area contributed by atoms with Crippen LogP contribution in [0, 0.1) is 5.41 Å². The number of rotatable bonds is 8. The van der Waals surface area contributed by atoms with E-state index in [1.165, 1.54) is 90.3 Å². The summed E-state index contributed by atoms with van der Waals surface area (Å²) >= 11 is 0. The fourth-order valence-corrected chi connectivity index (χ4v) is 4.44. The van der Waals surface area contributed by atoms with Crippen molar-refractivity contribution in [1.29, 1.82) is 0 Å². The summed E-state index contributed by atoms with van der Waals surface area (Å²) in [5.74, 6) is 1.14. The van der Waals surface area contributed by atoms with Crippen LogP contribution in [0.5, 0.6) is 0 Å². The number of nitrogens with zero attached hydrogens (tertiary/aromatic N) is 3.